The molecule has 1 saturated carbocycles. The topological polar surface area (TPSA) is 111 Å². The van der Waals surface area contributed by atoms with E-state index in [2.05, 4.69) is 10.6 Å². The molecule has 0 radical (unpaired) electrons. The number of hydrogen-bond acceptors (Lipinski definition) is 5. The van der Waals surface area contributed by atoms with Gasteiger partial charge in [0.2, 0.25) is 0 Å². The van der Waals surface area contributed by atoms with Gasteiger partial charge in [-0.3, -0.25) is 15.5 Å². The van der Waals surface area contributed by atoms with Crippen LogP contribution in [0.4, 0.5) is 5.69 Å². The van der Waals surface area contributed by atoms with Gasteiger partial charge in [-0.25, -0.2) is 0 Å². The monoisotopic (exact) mass is 262 g/mol. The van der Waals surface area contributed by atoms with Crippen LogP contribution in [0.1, 0.15) is 18.4 Å². The lowest BCUT2D eigenvalue weighted by molar-refractivity contribution is -0.112. The molecule has 1 aliphatic carbocycles. The Kier molecular flexibility index (Phi) is 4.13. The summed E-state index contributed by atoms with van der Waals surface area (Å²) in [6.45, 7) is 0.463. The van der Waals surface area contributed by atoms with Gasteiger partial charge >= 0.3 is 0 Å². The van der Waals surface area contributed by atoms with E-state index >= 15 is 0 Å². The lowest BCUT2D eigenvalue weighted by Gasteiger charge is -2.33. The normalized spacial score (nSPS) is 21.5. The van der Waals surface area contributed by atoms with Gasteiger partial charge in [-0.05, 0) is 18.9 Å². The number of aliphatic hydroxyl groups is 1. The van der Waals surface area contributed by atoms with Gasteiger partial charge in [0.05, 0.1) is 12.8 Å². The van der Waals surface area contributed by atoms with Gasteiger partial charge in [-0.1, -0.05) is 18.2 Å². The zero-order valence-electron chi connectivity index (χ0n) is 10.5. The van der Waals surface area contributed by atoms with Crippen LogP contribution in [0.2, 0.25) is 0 Å². The fraction of sp³-hybridized carbons (Fsp3) is 0.385. The first-order chi connectivity index (χ1) is 9.09. The fourth-order valence-electron chi connectivity index (χ4n) is 1.99. The molecular weight excluding hydrogens is 244 g/mol. The summed E-state index contributed by atoms with van der Waals surface area (Å²) < 4.78 is 0. The maximum Gasteiger partial charge on any atom is 0.267 e. The van der Waals surface area contributed by atoms with Gasteiger partial charge in [-0.2, -0.15) is 0 Å². The van der Waals surface area contributed by atoms with Gasteiger partial charge in [0.15, 0.2) is 0 Å². The molecule has 1 aromatic carbocycles. The predicted molar refractivity (Wildman–Crippen MR) is 73.1 cm³/mol. The number of hydrogen-bond donors (Lipinski definition) is 5. The second-order valence-corrected chi connectivity index (χ2v) is 4.59. The largest absolute Gasteiger partial charge is 0.392 e. The van der Waals surface area contributed by atoms with Crippen molar-refractivity contribution in [2.45, 2.75) is 25.0 Å². The summed E-state index contributed by atoms with van der Waals surface area (Å²) in [7, 11) is 0. The van der Waals surface area contributed by atoms with Crippen molar-refractivity contribution in [1.29, 1.82) is 5.41 Å². The Morgan fingerprint density at radius 2 is 2.16 bits per heavy atom. The van der Waals surface area contributed by atoms with E-state index in [1.807, 2.05) is 6.07 Å². The van der Waals surface area contributed by atoms with E-state index in [1.54, 1.807) is 18.2 Å². The number of amides is 1. The van der Waals surface area contributed by atoms with Crippen LogP contribution in [0.3, 0.4) is 0 Å². The Hall–Kier alpha value is -1.92. The highest BCUT2D eigenvalue weighted by molar-refractivity contribution is 6.44. The molecule has 1 fully saturated rings. The fourth-order valence-corrected chi connectivity index (χ4v) is 1.99. The molecule has 19 heavy (non-hydrogen) atoms. The van der Waals surface area contributed by atoms with Gasteiger partial charge in [0, 0.05) is 17.3 Å². The highest BCUT2D eigenvalue weighted by Crippen LogP contribution is 2.19. The minimum absolute atomic E-state index is 0.121. The third-order valence-electron chi connectivity index (χ3n) is 3.32. The lowest BCUT2D eigenvalue weighted by atomic mass is 9.89. The summed E-state index contributed by atoms with van der Waals surface area (Å²) >= 11 is 0. The minimum Gasteiger partial charge on any atom is -0.392 e. The van der Waals surface area contributed by atoms with Crippen LogP contribution < -0.4 is 16.4 Å². The number of carbonyl (C=O) groups excluding carboxylic acids is 1. The number of rotatable bonds is 6. The maximum absolute atomic E-state index is 11.1. The predicted octanol–water partition coefficient (Wildman–Crippen LogP) is 0.0221. The number of para-hydroxylation sites is 1. The lowest BCUT2D eigenvalue weighted by Crippen LogP contribution is -2.49. The van der Waals surface area contributed by atoms with Crippen LogP contribution in [-0.2, 0) is 4.79 Å². The summed E-state index contributed by atoms with van der Waals surface area (Å²) in [5, 5.41) is 23.3. The van der Waals surface area contributed by atoms with Gasteiger partial charge < -0.3 is 16.2 Å². The van der Waals surface area contributed by atoms with Crippen LogP contribution in [0.25, 0.3) is 0 Å². The van der Waals surface area contributed by atoms with Gasteiger partial charge in [0.25, 0.3) is 5.91 Å². The Morgan fingerprint density at radius 1 is 1.42 bits per heavy atom. The molecule has 102 valence electrons. The second-order valence-electron chi connectivity index (χ2n) is 4.59. The first-order valence-corrected chi connectivity index (χ1v) is 6.22. The van der Waals surface area contributed by atoms with Crippen molar-refractivity contribution in [3.63, 3.8) is 0 Å². The molecule has 0 saturated heterocycles. The molecule has 6 N–H and O–H groups in total. The van der Waals surface area contributed by atoms with E-state index in [0.29, 0.717) is 17.9 Å². The molecule has 0 aromatic heterocycles. The van der Waals surface area contributed by atoms with Crippen LogP contribution in [0.15, 0.2) is 24.3 Å². The number of benzene rings is 1. The van der Waals surface area contributed by atoms with E-state index < -0.39 is 5.91 Å². The summed E-state index contributed by atoms with van der Waals surface area (Å²) in [4.78, 5) is 11.1. The van der Waals surface area contributed by atoms with Crippen LogP contribution in [0.5, 0.6) is 0 Å². The molecule has 0 aliphatic heterocycles. The highest BCUT2D eigenvalue weighted by atomic mass is 16.3. The zero-order chi connectivity index (χ0) is 13.8. The molecule has 1 amide bonds. The summed E-state index contributed by atoms with van der Waals surface area (Å²) in [5.74, 6) is -0.753. The molecule has 2 atom stereocenters. The molecule has 0 bridgehead atoms. The average molecular weight is 262 g/mol. The second kappa shape index (κ2) is 5.81. The van der Waals surface area contributed by atoms with Crippen molar-refractivity contribution < 1.29 is 9.90 Å². The van der Waals surface area contributed by atoms with E-state index in [4.69, 9.17) is 11.1 Å². The smallest absolute Gasteiger partial charge is 0.267 e. The first-order valence-electron chi connectivity index (χ1n) is 6.22. The molecule has 6 nitrogen and oxygen atoms in total. The zero-order valence-corrected chi connectivity index (χ0v) is 10.5. The van der Waals surface area contributed by atoms with Crippen LogP contribution >= 0.6 is 0 Å². The first kappa shape index (κ1) is 13.5. The molecule has 0 spiro atoms. The van der Waals surface area contributed by atoms with Crippen LogP contribution in [0, 0.1) is 5.41 Å². The average Bonchev–Trinajstić information content (AvgIpc) is 2.41. The van der Waals surface area contributed by atoms with Crippen molar-refractivity contribution >= 4 is 17.3 Å². The Balaban J connectivity index is 1.96. The van der Waals surface area contributed by atoms with Crippen molar-refractivity contribution in [2.75, 3.05) is 12.0 Å². The van der Waals surface area contributed by atoms with Gasteiger partial charge in [-0.15, -0.1) is 0 Å². The molecule has 2 unspecified atom stereocenters. The maximum atomic E-state index is 11.1. The molecule has 2 rings (SSSR count). The third-order valence-corrected chi connectivity index (χ3v) is 3.32. The number of primary amides is 1. The molecule has 1 aromatic rings. The summed E-state index contributed by atoms with van der Waals surface area (Å²) in [6.07, 6.45) is 1.52. The van der Waals surface area contributed by atoms with Gasteiger partial charge in [0.1, 0.15) is 5.71 Å². The number of aliphatic hydroxyl groups excluding tert-OH is 1. The van der Waals surface area contributed by atoms with Crippen molar-refractivity contribution in [3.8, 4) is 0 Å². The Labute approximate surface area is 111 Å². The van der Waals surface area contributed by atoms with Crippen molar-refractivity contribution in [1.82, 2.24) is 5.32 Å². The SMILES string of the molecule is N=C(C(N)=O)c1ccccc1NCNC1CCC1O. The number of anilines is 1. The Bertz CT molecular complexity index is 489. The summed E-state index contributed by atoms with van der Waals surface area (Å²) in [6, 6.07) is 7.15. The van der Waals surface area contributed by atoms with E-state index in [1.165, 1.54) is 0 Å². The van der Waals surface area contributed by atoms with E-state index in [-0.39, 0.29) is 17.9 Å². The Morgan fingerprint density at radius 3 is 2.74 bits per heavy atom. The standard InChI is InChI=1S/C13H18N4O2/c14-12(13(15)19)8-3-1-2-4-9(8)16-7-17-10-5-6-11(10)18/h1-4,10-11,14,16-18H,5-7H2,(H2,15,19). The minimum atomic E-state index is -0.753. The number of nitrogens with one attached hydrogen (secondary N) is 3. The molecule has 6 heteroatoms. The molecule has 0 heterocycles. The number of nitrogens with two attached hydrogens (primary N) is 1. The van der Waals surface area contributed by atoms with Crippen LogP contribution in [-0.4, -0.2) is 35.5 Å². The van der Waals surface area contributed by atoms with Crippen molar-refractivity contribution in [3.05, 3.63) is 29.8 Å². The molecule has 1 aliphatic rings. The quantitative estimate of drug-likeness (QED) is 0.367. The number of carbonyl (C=O) groups is 1. The summed E-state index contributed by atoms with van der Waals surface area (Å²) in [5.41, 5.74) is 6.06. The van der Waals surface area contributed by atoms with E-state index in [0.717, 1.165) is 12.8 Å². The van der Waals surface area contributed by atoms with Crippen molar-refractivity contribution in [2.24, 2.45) is 5.73 Å². The third kappa shape index (κ3) is 3.10. The molecular formula is C13H18N4O2. The highest BCUT2D eigenvalue weighted by Gasteiger charge is 2.27. The van der Waals surface area contributed by atoms with E-state index in [9.17, 15) is 9.90 Å².